The van der Waals surface area contributed by atoms with E-state index in [9.17, 15) is 4.79 Å². The average Bonchev–Trinajstić information content (AvgIpc) is 3.13. The summed E-state index contributed by atoms with van der Waals surface area (Å²) in [6, 6.07) is 2.22. The highest BCUT2D eigenvalue weighted by molar-refractivity contribution is 7.13. The minimum absolute atomic E-state index is 0.0140. The number of carbonyl (C=O) groups is 1. The topological polar surface area (TPSA) is 45.2 Å². The van der Waals surface area contributed by atoms with Gasteiger partial charge in [0.1, 0.15) is 4.88 Å². The van der Waals surface area contributed by atoms with E-state index in [4.69, 9.17) is 0 Å². The number of hydrogen-bond acceptors (Lipinski definition) is 5. The summed E-state index contributed by atoms with van der Waals surface area (Å²) in [6.07, 6.45) is 1.13. The van der Waals surface area contributed by atoms with Crippen LogP contribution in [0.3, 0.4) is 0 Å². The molecule has 2 aromatic rings. The van der Waals surface area contributed by atoms with Crippen molar-refractivity contribution in [3.05, 3.63) is 37.5 Å². The second-order valence-electron chi connectivity index (χ2n) is 6.27. The van der Waals surface area contributed by atoms with Gasteiger partial charge in [-0.05, 0) is 30.4 Å². The maximum absolute atomic E-state index is 12.3. The Kier molecular flexibility index (Phi) is 5.14. The van der Waals surface area contributed by atoms with Gasteiger partial charge in [0.25, 0.3) is 5.91 Å². The zero-order chi connectivity index (χ0) is 16.4. The lowest BCUT2D eigenvalue weighted by atomic mass is 10.1. The second kappa shape index (κ2) is 7.11. The van der Waals surface area contributed by atoms with Crippen LogP contribution < -0.4 is 5.32 Å². The van der Waals surface area contributed by atoms with E-state index in [-0.39, 0.29) is 5.91 Å². The first kappa shape index (κ1) is 16.6. The number of carbonyl (C=O) groups excluding carboxylic acids is 1. The fourth-order valence-electron chi connectivity index (χ4n) is 2.78. The van der Waals surface area contributed by atoms with Gasteiger partial charge in [0.05, 0.1) is 10.7 Å². The predicted molar refractivity (Wildman–Crippen MR) is 96.6 cm³/mol. The van der Waals surface area contributed by atoms with E-state index in [0.29, 0.717) is 12.5 Å². The summed E-state index contributed by atoms with van der Waals surface area (Å²) < 4.78 is 0. The maximum atomic E-state index is 12.3. The van der Waals surface area contributed by atoms with Crippen molar-refractivity contribution in [3.8, 4) is 0 Å². The fraction of sp³-hybridized carbons (Fsp3) is 0.529. The number of aryl methyl sites for hydroxylation is 1. The Hall–Kier alpha value is -1.24. The molecule has 1 aliphatic rings. The number of nitrogens with one attached hydrogen (secondary N) is 1. The highest BCUT2D eigenvalue weighted by atomic mass is 32.1. The van der Waals surface area contributed by atoms with Crippen LogP contribution in [0.2, 0.25) is 0 Å². The Morgan fingerprint density at radius 2 is 2.30 bits per heavy atom. The number of rotatable bonds is 5. The molecule has 3 heterocycles. The quantitative estimate of drug-likeness (QED) is 0.899. The van der Waals surface area contributed by atoms with Gasteiger partial charge in [0.2, 0.25) is 0 Å². The minimum Gasteiger partial charge on any atom is -0.350 e. The zero-order valence-corrected chi connectivity index (χ0v) is 15.5. The monoisotopic (exact) mass is 349 g/mol. The number of hydrogen-bond donors (Lipinski definition) is 1. The van der Waals surface area contributed by atoms with Crippen molar-refractivity contribution in [2.75, 3.05) is 19.6 Å². The highest BCUT2D eigenvalue weighted by Crippen LogP contribution is 2.25. The van der Waals surface area contributed by atoms with Crippen LogP contribution >= 0.6 is 22.7 Å². The first-order valence-electron chi connectivity index (χ1n) is 8.07. The van der Waals surface area contributed by atoms with Crippen LogP contribution in [0.15, 0.2) is 11.4 Å². The molecule has 0 radical (unpaired) electrons. The van der Waals surface area contributed by atoms with Gasteiger partial charge in [-0.1, -0.05) is 13.8 Å². The molecule has 0 saturated carbocycles. The summed E-state index contributed by atoms with van der Waals surface area (Å²) in [5.41, 5.74) is 2.30. The van der Waals surface area contributed by atoms with Gasteiger partial charge in [-0.15, -0.1) is 22.7 Å². The van der Waals surface area contributed by atoms with Crippen LogP contribution in [0.5, 0.6) is 0 Å². The van der Waals surface area contributed by atoms with Crippen LogP contribution in [0.4, 0.5) is 0 Å². The van der Waals surface area contributed by atoms with Crippen LogP contribution in [-0.4, -0.2) is 35.4 Å². The Bertz CT molecular complexity index is 690. The summed E-state index contributed by atoms with van der Waals surface area (Å²) in [5, 5.41) is 6.26. The van der Waals surface area contributed by atoms with Gasteiger partial charge >= 0.3 is 0 Å². The lowest BCUT2D eigenvalue weighted by Crippen LogP contribution is -2.37. The van der Waals surface area contributed by atoms with Crippen molar-refractivity contribution in [1.29, 1.82) is 0 Å². The van der Waals surface area contributed by atoms with Gasteiger partial charge in [0, 0.05) is 37.0 Å². The van der Waals surface area contributed by atoms with Crippen LogP contribution in [0, 0.1) is 6.92 Å². The van der Waals surface area contributed by atoms with E-state index in [1.807, 2.05) is 18.3 Å². The first-order chi connectivity index (χ1) is 11.0. The molecular weight excluding hydrogens is 326 g/mol. The molecule has 1 N–H and O–H groups in total. The molecule has 4 nitrogen and oxygen atoms in total. The van der Waals surface area contributed by atoms with Gasteiger partial charge in [-0.3, -0.25) is 9.69 Å². The smallest absolute Gasteiger partial charge is 0.263 e. The fourth-order valence-corrected chi connectivity index (χ4v) is 4.66. The molecule has 0 unspecified atom stereocenters. The Morgan fingerprint density at radius 3 is 3.04 bits per heavy atom. The van der Waals surface area contributed by atoms with Gasteiger partial charge < -0.3 is 5.32 Å². The average molecular weight is 350 g/mol. The molecule has 0 fully saturated rings. The number of fused-ring (bicyclic) bond motifs is 1. The molecule has 2 aromatic heterocycles. The first-order valence-corrected chi connectivity index (χ1v) is 9.77. The summed E-state index contributed by atoms with van der Waals surface area (Å²) in [5.74, 6) is 0.383. The zero-order valence-electron chi connectivity index (χ0n) is 13.9. The largest absolute Gasteiger partial charge is 0.350 e. The number of aromatic nitrogens is 1. The van der Waals surface area contributed by atoms with E-state index in [1.165, 1.54) is 21.8 Å². The Labute approximate surface area is 145 Å². The summed E-state index contributed by atoms with van der Waals surface area (Å²) >= 11 is 3.38. The van der Waals surface area contributed by atoms with Crippen LogP contribution in [0.25, 0.3) is 0 Å². The SMILES string of the molecule is Cc1nc(C(C)C)sc1C(=O)NCCN1CCc2sccc2C1. The molecule has 0 spiro atoms. The Balaban J connectivity index is 1.50. The summed E-state index contributed by atoms with van der Waals surface area (Å²) in [4.78, 5) is 21.5. The van der Waals surface area contributed by atoms with E-state index >= 15 is 0 Å². The van der Waals surface area contributed by atoms with Gasteiger partial charge in [0.15, 0.2) is 0 Å². The molecule has 124 valence electrons. The highest BCUT2D eigenvalue weighted by Gasteiger charge is 2.19. The van der Waals surface area contributed by atoms with Crippen molar-refractivity contribution >= 4 is 28.6 Å². The molecule has 3 rings (SSSR count). The molecule has 0 saturated heterocycles. The molecule has 23 heavy (non-hydrogen) atoms. The number of amides is 1. The molecule has 0 atom stereocenters. The lowest BCUT2D eigenvalue weighted by Gasteiger charge is -2.26. The number of nitrogens with zero attached hydrogens (tertiary/aromatic N) is 2. The summed E-state index contributed by atoms with van der Waals surface area (Å²) in [6.45, 7) is 9.80. The third kappa shape index (κ3) is 3.82. The molecule has 6 heteroatoms. The van der Waals surface area contributed by atoms with Crippen molar-refractivity contribution in [2.45, 2.75) is 39.7 Å². The van der Waals surface area contributed by atoms with Crippen molar-refractivity contribution in [2.24, 2.45) is 0 Å². The number of thiazole rings is 1. The normalized spacial score (nSPS) is 15.0. The van der Waals surface area contributed by atoms with Crippen LogP contribution in [-0.2, 0) is 13.0 Å². The maximum Gasteiger partial charge on any atom is 0.263 e. The van der Waals surface area contributed by atoms with E-state index in [2.05, 4.69) is 40.5 Å². The van der Waals surface area contributed by atoms with E-state index < -0.39 is 0 Å². The van der Waals surface area contributed by atoms with E-state index in [1.54, 1.807) is 0 Å². The minimum atomic E-state index is 0.0140. The molecular formula is C17H23N3OS2. The second-order valence-corrected chi connectivity index (χ2v) is 8.30. The standard InChI is InChI=1S/C17H23N3OS2/c1-11(2)17-19-12(3)15(23-17)16(21)18-6-8-20-7-4-14-13(10-20)5-9-22-14/h5,9,11H,4,6-8,10H2,1-3H3,(H,18,21). The van der Waals surface area contributed by atoms with Crippen molar-refractivity contribution < 1.29 is 4.79 Å². The molecule has 0 aliphatic carbocycles. The van der Waals surface area contributed by atoms with Crippen LogP contribution in [0.1, 0.15) is 50.6 Å². The summed E-state index contributed by atoms with van der Waals surface area (Å²) in [7, 11) is 0. The predicted octanol–water partition coefficient (Wildman–Crippen LogP) is 3.42. The lowest BCUT2D eigenvalue weighted by molar-refractivity contribution is 0.0950. The third-order valence-corrected chi connectivity index (χ3v) is 6.59. The van der Waals surface area contributed by atoms with Crippen molar-refractivity contribution in [1.82, 2.24) is 15.2 Å². The third-order valence-electron chi connectivity index (χ3n) is 4.11. The van der Waals surface area contributed by atoms with Gasteiger partial charge in [-0.2, -0.15) is 0 Å². The molecule has 1 aliphatic heterocycles. The molecule has 1 amide bonds. The Morgan fingerprint density at radius 1 is 1.48 bits per heavy atom. The molecule has 0 aromatic carbocycles. The van der Waals surface area contributed by atoms with Crippen molar-refractivity contribution in [3.63, 3.8) is 0 Å². The number of thiophene rings is 1. The van der Waals surface area contributed by atoms with Gasteiger partial charge in [-0.25, -0.2) is 4.98 Å². The van der Waals surface area contributed by atoms with E-state index in [0.717, 1.165) is 41.6 Å². The molecule has 0 bridgehead atoms.